The van der Waals surface area contributed by atoms with Crippen molar-refractivity contribution in [3.63, 3.8) is 0 Å². The number of halogens is 1. The lowest BCUT2D eigenvalue weighted by molar-refractivity contribution is 0.0873. The molecule has 1 fully saturated rings. The maximum absolute atomic E-state index is 12.7. The molecular formula is C23H29BrN2O2. The third-order valence-electron chi connectivity index (χ3n) is 4.97. The molecule has 0 spiro atoms. The molecule has 2 N–H and O–H groups in total. The van der Waals surface area contributed by atoms with Crippen LogP contribution in [0.4, 0.5) is 0 Å². The fourth-order valence-electron chi connectivity index (χ4n) is 4.17. The number of piperidine rings is 1. The molecule has 0 aliphatic carbocycles. The second-order valence-electron chi connectivity index (χ2n) is 8.89. The van der Waals surface area contributed by atoms with Gasteiger partial charge in [-0.2, -0.15) is 0 Å². The summed E-state index contributed by atoms with van der Waals surface area (Å²) in [6, 6.07) is 15.6. The Morgan fingerprint density at radius 2 is 1.68 bits per heavy atom. The van der Waals surface area contributed by atoms with Crippen LogP contribution in [0.5, 0.6) is 5.75 Å². The van der Waals surface area contributed by atoms with E-state index in [0.717, 1.165) is 28.6 Å². The zero-order valence-electron chi connectivity index (χ0n) is 17.0. The molecule has 28 heavy (non-hydrogen) atoms. The van der Waals surface area contributed by atoms with Crippen molar-refractivity contribution in [2.45, 2.75) is 64.3 Å². The van der Waals surface area contributed by atoms with Gasteiger partial charge < -0.3 is 15.4 Å². The largest absolute Gasteiger partial charge is 0.488 e. The van der Waals surface area contributed by atoms with Crippen molar-refractivity contribution in [3.05, 3.63) is 64.1 Å². The van der Waals surface area contributed by atoms with Crippen molar-refractivity contribution in [3.8, 4) is 5.75 Å². The number of carbonyl (C=O) groups is 1. The molecule has 1 saturated heterocycles. The van der Waals surface area contributed by atoms with Gasteiger partial charge in [-0.05, 0) is 86.3 Å². The first-order valence-electron chi connectivity index (χ1n) is 9.70. The van der Waals surface area contributed by atoms with Crippen LogP contribution in [0.3, 0.4) is 0 Å². The van der Waals surface area contributed by atoms with Crippen LogP contribution in [0.15, 0.2) is 53.0 Å². The molecule has 1 aliphatic heterocycles. The minimum absolute atomic E-state index is 0.00655. The quantitative estimate of drug-likeness (QED) is 0.676. The number of ether oxygens (including phenoxy) is 1. The van der Waals surface area contributed by atoms with E-state index in [1.54, 1.807) is 0 Å². The van der Waals surface area contributed by atoms with Crippen LogP contribution in [-0.2, 0) is 6.61 Å². The van der Waals surface area contributed by atoms with E-state index in [0.29, 0.717) is 12.2 Å². The Morgan fingerprint density at radius 3 is 2.29 bits per heavy atom. The first-order valence-corrected chi connectivity index (χ1v) is 10.5. The van der Waals surface area contributed by atoms with Gasteiger partial charge in [-0.1, -0.05) is 24.3 Å². The summed E-state index contributed by atoms with van der Waals surface area (Å²) in [4.78, 5) is 12.7. The van der Waals surface area contributed by atoms with Gasteiger partial charge in [0.25, 0.3) is 5.91 Å². The molecule has 0 aromatic heterocycles. The van der Waals surface area contributed by atoms with Crippen molar-refractivity contribution in [1.29, 1.82) is 0 Å². The second kappa shape index (κ2) is 8.26. The average Bonchev–Trinajstić information content (AvgIpc) is 2.58. The second-order valence-corrected chi connectivity index (χ2v) is 9.74. The Hall–Kier alpha value is -1.85. The Balaban J connectivity index is 1.58. The van der Waals surface area contributed by atoms with Crippen LogP contribution in [-0.4, -0.2) is 23.0 Å². The first-order chi connectivity index (χ1) is 13.1. The van der Waals surface area contributed by atoms with Crippen molar-refractivity contribution in [1.82, 2.24) is 10.6 Å². The summed E-state index contributed by atoms with van der Waals surface area (Å²) in [5.41, 5.74) is 1.72. The van der Waals surface area contributed by atoms with Crippen LogP contribution in [0.1, 0.15) is 56.5 Å². The number of rotatable bonds is 5. The summed E-state index contributed by atoms with van der Waals surface area (Å²) in [5.74, 6) is 0.789. The molecule has 2 aromatic carbocycles. The third kappa shape index (κ3) is 5.58. The van der Waals surface area contributed by atoms with Crippen LogP contribution < -0.4 is 15.4 Å². The topological polar surface area (TPSA) is 50.4 Å². The van der Waals surface area contributed by atoms with Gasteiger partial charge in [0.2, 0.25) is 0 Å². The number of amides is 1. The predicted molar refractivity (Wildman–Crippen MR) is 117 cm³/mol. The number of benzene rings is 2. The van der Waals surface area contributed by atoms with E-state index >= 15 is 0 Å². The van der Waals surface area contributed by atoms with Gasteiger partial charge >= 0.3 is 0 Å². The van der Waals surface area contributed by atoms with E-state index < -0.39 is 0 Å². The molecule has 1 heterocycles. The summed E-state index contributed by atoms with van der Waals surface area (Å²) >= 11 is 3.48. The van der Waals surface area contributed by atoms with Gasteiger partial charge in [-0.3, -0.25) is 4.79 Å². The lowest BCUT2D eigenvalue weighted by atomic mass is 9.79. The van der Waals surface area contributed by atoms with E-state index in [4.69, 9.17) is 4.74 Å². The van der Waals surface area contributed by atoms with Crippen LogP contribution in [0, 0.1) is 0 Å². The van der Waals surface area contributed by atoms with E-state index in [1.165, 1.54) is 0 Å². The van der Waals surface area contributed by atoms with Crippen molar-refractivity contribution < 1.29 is 9.53 Å². The molecule has 0 saturated carbocycles. The lowest BCUT2D eigenvalue weighted by Gasteiger charge is -2.46. The van der Waals surface area contributed by atoms with Crippen molar-refractivity contribution in [2.24, 2.45) is 0 Å². The fraction of sp³-hybridized carbons (Fsp3) is 0.435. The molecule has 0 atom stereocenters. The summed E-state index contributed by atoms with van der Waals surface area (Å²) in [6.45, 7) is 9.21. The lowest BCUT2D eigenvalue weighted by Crippen LogP contribution is -2.62. The minimum atomic E-state index is -0.0169. The molecule has 0 radical (unpaired) electrons. The smallest absolute Gasteiger partial charge is 0.251 e. The summed E-state index contributed by atoms with van der Waals surface area (Å²) in [7, 11) is 0. The SMILES string of the molecule is CC1(C)CC(NC(=O)c2ccc(COc3ccccc3Br)cc2)CC(C)(C)N1. The van der Waals surface area contributed by atoms with Gasteiger partial charge in [0.05, 0.1) is 4.47 Å². The summed E-state index contributed by atoms with van der Waals surface area (Å²) in [5, 5.41) is 6.86. The molecule has 0 bridgehead atoms. The predicted octanol–water partition coefficient (Wildman–Crippen LogP) is 5.07. The molecule has 4 nitrogen and oxygen atoms in total. The molecule has 2 aromatic rings. The van der Waals surface area contributed by atoms with E-state index in [-0.39, 0.29) is 23.0 Å². The maximum atomic E-state index is 12.7. The molecular weight excluding hydrogens is 416 g/mol. The molecule has 5 heteroatoms. The Kier molecular flexibility index (Phi) is 6.15. The molecule has 1 amide bonds. The molecule has 0 unspecified atom stereocenters. The van der Waals surface area contributed by atoms with E-state index in [1.807, 2.05) is 48.5 Å². The van der Waals surface area contributed by atoms with Crippen LogP contribution >= 0.6 is 15.9 Å². The number of hydrogen-bond donors (Lipinski definition) is 2. The number of para-hydroxylation sites is 1. The molecule has 150 valence electrons. The standard InChI is InChI=1S/C23H29BrN2O2/c1-22(2)13-18(14-23(3,4)26-22)25-21(27)17-11-9-16(10-12-17)15-28-20-8-6-5-7-19(20)24/h5-12,18,26H,13-15H2,1-4H3,(H,25,27). The number of hydrogen-bond acceptors (Lipinski definition) is 3. The van der Waals surface area contributed by atoms with E-state index in [2.05, 4.69) is 54.3 Å². The van der Waals surface area contributed by atoms with Crippen molar-refractivity contribution in [2.75, 3.05) is 0 Å². The first kappa shape index (κ1) is 20.9. The van der Waals surface area contributed by atoms with Gasteiger partial charge in [-0.15, -0.1) is 0 Å². The Bertz CT molecular complexity index is 815. The average molecular weight is 445 g/mol. The molecule has 1 aliphatic rings. The number of carbonyl (C=O) groups excluding carboxylic acids is 1. The fourth-order valence-corrected chi connectivity index (χ4v) is 4.57. The monoisotopic (exact) mass is 444 g/mol. The van der Waals surface area contributed by atoms with Gasteiger partial charge in [0.1, 0.15) is 12.4 Å². The Labute approximate surface area is 176 Å². The van der Waals surface area contributed by atoms with E-state index in [9.17, 15) is 4.79 Å². The van der Waals surface area contributed by atoms with Crippen LogP contribution in [0.25, 0.3) is 0 Å². The zero-order valence-corrected chi connectivity index (χ0v) is 18.6. The normalized spacial score (nSPS) is 18.5. The highest BCUT2D eigenvalue weighted by Crippen LogP contribution is 2.29. The number of nitrogens with one attached hydrogen (secondary N) is 2. The van der Waals surface area contributed by atoms with Gasteiger partial charge in [0, 0.05) is 22.7 Å². The highest BCUT2D eigenvalue weighted by Gasteiger charge is 2.38. The third-order valence-corrected chi connectivity index (χ3v) is 5.63. The maximum Gasteiger partial charge on any atom is 0.251 e. The highest BCUT2D eigenvalue weighted by molar-refractivity contribution is 9.10. The zero-order chi connectivity index (χ0) is 20.4. The molecule has 3 rings (SSSR count). The summed E-state index contributed by atoms with van der Waals surface area (Å²) < 4.78 is 6.77. The minimum Gasteiger partial charge on any atom is -0.488 e. The van der Waals surface area contributed by atoms with Gasteiger partial charge in [-0.25, -0.2) is 0 Å². The van der Waals surface area contributed by atoms with Gasteiger partial charge in [0.15, 0.2) is 0 Å². The highest BCUT2D eigenvalue weighted by atomic mass is 79.9. The van der Waals surface area contributed by atoms with Crippen molar-refractivity contribution >= 4 is 21.8 Å². The summed E-state index contributed by atoms with van der Waals surface area (Å²) in [6.07, 6.45) is 1.83. The Morgan fingerprint density at radius 1 is 1.07 bits per heavy atom. The van der Waals surface area contributed by atoms with Crippen LogP contribution in [0.2, 0.25) is 0 Å².